The maximum absolute atomic E-state index is 13.7. The first-order valence-corrected chi connectivity index (χ1v) is 11.9. The largest absolute Gasteiger partial charge is 0.496 e. The van der Waals surface area contributed by atoms with Gasteiger partial charge in [0.15, 0.2) is 0 Å². The predicted octanol–water partition coefficient (Wildman–Crippen LogP) is 4.42. The Morgan fingerprint density at radius 1 is 1.23 bits per heavy atom. The minimum atomic E-state index is -0.575. The molecule has 2 bridgehead atoms. The molecule has 2 aromatic carbocycles. The number of rotatable bonds is 9. The Bertz CT molecular complexity index is 961. The molecule has 31 heavy (non-hydrogen) atoms. The van der Waals surface area contributed by atoms with E-state index in [2.05, 4.69) is 6.92 Å². The first-order chi connectivity index (χ1) is 15.1. The summed E-state index contributed by atoms with van der Waals surface area (Å²) >= 11 is 1.73. The molecular formula is C24H30N2O4S. The molecule has 0 aromatic heterocycles. The van der Waals surface area contributed by atoms with Gasteiger partial charge in [0.05, 0.1) is 12.7 Å². The van der Waals surface area contributed by atoms with Gasteiger partial charge in [0.1, 0.15) is 29.1 Å². The fourth-order valence-corrected chi connectivity index (χ4v) is 5.91. The van der Waals surface area contributed by atoms with Crippen LogP contribution in [0.3, 0.4) is 0 Å². The Labute approximate surface area is 188 Å². The molecule has 2 aromatic rings. The predicted molar refractivity (Wildman–Crippen MR) is 124 cm³/mol. The van der Waals surface area contributed by atoms with Crippen molar-refractivity contribution in [1.82, 2.24) is 4.90 Å². The third-order valence-corrected chi connectivity index (χ3v) is 7.29. The molecule has 3 aliphatic rings. The van der Waals surface area contributed by atoms with E-state index in [1.165, 1.54) is 0 Å². The maximum atomic E-state index is 13.7. The van der Waals surface area contributed by atoms with Gasteiger partial charge in [-0.05, 0) is 43.7 Å². The van der Waals surface area contributed by atoms with Crippen molar-refractivity contribution in [3.8, 4) is 11.5 Å². The van der Waals surface area contributed by atoms with Crippen LogP contribution in [0.5, 0.6) is 11.5 Å². The van der Waals surface area contributed by atoms with Crippen LogP contribution in [0.15, 0.2) is 36.4 Å². The van der Waals surface area contributed by atoms with Gasteiger partial charge in [-0.3, -0.25) is 4.79 Å². The lowest BCUT2D eigenvalue weighted by molar-refractivity contribution is -0.00149. The summed E-state index contributed by atoms with van der Waals surface area (Å²) in [6, 6.07) is 11.4. The summed E-state index contributed by atoms with van der Waals surface area (Å²) in [4.78, 5) is 15.7. The van der Waals surface area contributed by atoms with Crippen LogP contribution in [0.2, 0.25) is 0 Å². The van der Waals surface area contributed by atoms with E-state index in [9.17, 15) is 4.79 Å². The van der Waals surface area contributed by atoms with Gasteiger partial charge in [0.25, 0.3) is 5.91 Å². The zero-order valence-corrected chi connectivity index (χ0v) is 19.2. The normalized spacial score (nSPS) is 20.5. The van der Waals surface area contributed by atoms with E-state index in [4.69, 9.17) is 19.9 Å². The Kier molecular flexibility index (Phi) is 6.34. The number of nitrogen functional groups attached to an aromatic ring is 1. The average Bonchev–Trinajstić information content (AvgIpc) is 3.17. The first kappa shape index (κ1) is 21.8. The summed E-state index contributed by atoms with van der Waals surface area (Å²) in [5.41, 5.74) is 8.37. The van der Waals surface area contributed by atoms with Crippen molar-refractivity contribution in [2.75, 3.05) is 31.7 Å². The highest BCUT2D eigenvalue weighted by Crippen LogP contribution is 2.54. The number of nitrogens with zero attached hydrogens (tertiary/aromatic N) is 1. The second kappa shape index (κ2) is 9.01. The number of nitrogens with two attached hydrogens (primary N) is 1. The Hall–Kier alpha value is -2.38. The lowest BCUT2D eigenvalue weighted by Crippen LogP contribution is -2.51. The van der Waals surface area contributed by atoms with Crippen LogP contribution < -0.4 is 15.2 Å². The standard InChI is InChI=1S/C24H30N2O4S/c1-4-29-23(31-5-2)24-11-8-12-26(24)22(27)17-13-21(28-3)18(24)14-20(17)30-15-16-9-6-7-10-19(16)25/h6-7,9-10,13-14,23H,4-5,8,11-12,15,25H2,1-3H3/t23?,24-/m0/s1. The van der Waals surface area contributed by atoms with Gasteiger partial charge in [0.2, 0.25) is 0 Å². The van der Waals surface area contributed by atoms with Gasteiger partial charge in [0, 0.05) is 30.0 Å². The van der Waals surface area contributed by atoms with Gasteiger partial charge in [-0.2, -0.15) is 0 Å². The van der Waals surface area contributed by atoms with Crippen LogP contribution >= 0.6 is 11.8 Å². The van der Waals surface area contributed by atoms with E-state index in [1.807, 2.05) is 48.2 Å². The molecule has 1 saturated heterocycles. The third-order valence-electron chi connectivity index (χ3n) is 6.13. The van der Waals surface area contributed by atoms with E-state index in [0.29, 0.717) is 42.5 Å². The molecule has 0 aliphatic carbocycles. The van der Waals surface area contributed by atoms with Gasteiger partial charge >= 0.3 is 0 Å². The van der Waals surface area contributed by atoms with Crippen molar-refractivity contribution in [3.05, 3.63) is 53.1 Å². The molecule has 166 valence electrons. The number of carbonyl (C=O) groups is 1. The Morgan fingerprint density at radius 2 is 2.03 bits per heavy atom. The topological polar surface area (TPSA) is 74.0 Å². The second-order valence-electron chi connectivity index (χ2n) is 7.76. The number of benzene rings is 2. The number of para-hydroxylation sites is 1. The molecule has 6 nitrogen and oxygen atoms in total. The van der Waals surface area contributed by atoms with Crippen LogP contribution in [0.1, 0.15) is 48.2 Å². The lowest BCUT2D eigenvalue weighted by atomic mass is 9.87. The zero-order chi connectivity index (χ0) is 22.0. The van der Waals surface area contributed by atoms with Gasteiger partial charge < -0.3 is 24.8 Å². The Balaban J connectivity index is 1.80. The summed E-state index contributed by atoms with van der Waals surface area (Å²) in [6.07, 6.45) is 1.76. The quantitative estimate of drug-likeness (QED) is 0.458. The smallest absolute Gasteiger partial charge is 0.258 e. The number of hydrogen-bond acceptors (Lipinski definition) is 6. The number of fused-ring (bicyclic) bond motifs is 2. The minimum Gasteiger partial charge on any atom is -0.496 e. The number of ether oxygens (including phenoxy) is 3. The molecule has 0 radical (unpaired) electrons. The van der Waals surface area contributed by atoms with Gasteiger partial charge in [-0.25, -0.2) is 0 Å². The van der Waals surface area contributed by atoms with Crippen molar-refractivity contribution in [1.29, 1.82) is 0 Å². The number of amides is 1. The fourth-order valence-electron chi connectivity index (χ4n) is 4.72. The van der Waals surface area contributed by atoms with Gasteiger partial charge in [-0.1, -0.05) is 25.1 Å². The number of hydrogen-bond donors (Lipinski definition) is 1. The van der Waals surface area contributed by atoms with Crippen molar-refractivity contribution < 1.29 is 19.0 Å². The number of methoxy groups -OCH3 is 1. The van der Waals surface area contributed by atoms with E-state index in [0.717, 1.165) is 29.7 Å². The zero-order valence-electron chi connectivity index (χ0n) is 18.3. The number of carbonyl (C=O) groups excluding carboxylic acids is 1. The molecule has 7 heteroatoms. The monoisotopic (exact) mass is 442 g/mol. The maximum Gasteiger partial charge on any atom is 0.258 e. The van der Waals surface area contributed by atoms with Gasteiger partial charge in [-0.15, -0.1) is 11.8 Å². The van der Waals surface area contributed by atoms with E-state index >= 15 is 0 Å². The molecule has 2 N–H and O–H groups in total. The van der Waals surface area contributed by atoms with Crippen molar-refractivity contribution in [2.45, 2.75) is 44.3 Å². The van der Waals surface area contributed by atoms with Crippen LogP contribution in [0.4, 0.5) is 5.69 Å². The van der Waals surface area contributed by atoms with Crippen LogP contribution in [-0.2, 0) is 16.9 Å². The summed E-state index contributed by atoms with van der Waals surface area (Å²) in [7, 11) is 1.65. The summed E-state index contributed by atoms with van der Waals surface area (Å²) in [6.45, 7) is 5.68. The minimum absolute atomic E-state index is 0.0340. The third kappa shape index (κ3) is 3.64. The van der Waals surface area contributed by atoms with E-state index < -0.39 is 5.54 Å². The average molecular weight is 443 g/mol. The molecule has 0 saturated carbocycles. The van der Waals surface area contributed by atoms with E-state index in [-0.39, 0.29) is 11.3 Å². The molecule has 2 atom stereocenters. The molecule has 1 fully saturated rings. The highest BCUT2D eigenvalue weighted by atomic mass is 32.2. The second-order valence-corrected chi connectivity index (χ2v) is 9.10. The molecule has 3 aliphatic heterocycles. The lowest BCUT2D eigenvalue weighted by Gasteiger charge is -2.42. The molecule has 5 rings (SSSR count). The van der Waals surface area contributed by atoms with Crippen molar-refractivity contribution in [3.63, 3.8) is 0 Å². The van der Waals surface area contributed by atoms with Crippen molar-refractivity contribution in [2.24, 2.45) is 0 Å². The van der Waals surface area contributed by atoms with Crippen molar-refractivity contribution >= 4 is 23.4 Å². The summed E-state index contributed by atoms with van der Waals surface area (Å²) < 4.78 is 18.2. The number of thioether (sulfide) groups is 1. The summed E-state index contributed by atoms with van der Waals surface area (Å²) in [5, 5.41) is 0. The van der Waals surface area contributed by atoms with Crippen LogP contribution in [0, 0.1) is 0 Å². The summed E-state index contributed by atoms with van der Waals surface area (Å²) in [5.74, 6) is 2.13. The first-order valence-electron chi connectivity index (χ1n) is 10.8. The molecule has 0 spiro atoms. The molecular weight excluding hydrogens is 412 g/mol. The molecule has 1 amide bonds. The Morgan fingerprint density at radius 3 is 2.74 bits per heavy atom. The van der Waals surface area contributed by atoms with Crippen LogP contribution in [0.25, 0.3) is 0 Å². The highest BCUT2D eigenvalue weighted by molar-refractivity contribution is 7.99. The number of anilines is 1. The van der Waals surface area contributed by atoms with E-state index in [1.54, 1.807) is 18.9 Å². The fraction of sp³-hybridized carbons (Fsp3) is 0.458. The molecule has 3 heterocycles. The SMILES string of the molecule is CCOC(SCC)[C@@]12CCCN1C(=O)c1cc(OC)c2cc1OCc1ccccc1N. The van der Waals surface area contributed by atoms with Crippen LogP contribution in [-0.4, -0.2) is 42.3 Å². The molecule has 1 unspecified atom stereocenters. The highest BCUT2D eigenvalue weighted by Gasteiger charge is 2.55.